The molecule has 2 unspecified atom stereocenters. The van der Waals surface area contributed by atoms with E-state index in [1.54, 1.807) is 7.05 Å². The smallest absolute Gasteiger partial charge is 0.405 e. The van der Waals surface area contributed by atoms with Crippen molar-refractivity contribution >= 4 is 29.5 Å². The van der Waals surface area contributed by atoms with E-state index < -0.39 is 40.7 Å². The Balaban J connectivity index is 1.59. The molecule has 0 radical (unpaired) electrons. The van der Waals surface area contributed by atoms with Crippen molar-refractivity contribution in [2.45, 2.75) is 38.3 Å². The SMILES string of the molecule is CN1N=C2CCN(C(=O)C(COc3ccc(F)cc3)NC(=O)C(C)(C)NC(=O)O)CC2(Cc2ccccc2)C1=O. The maximum Gasteiger partial charge on any atom is 0.405 e. The van der Waals surface area contributed by atoms with Crippen LogP contribution in [0.3, 0.4) is 0 Å². The number of carbonyl (C=O) groups excluding carboxylic acids is 3. The van der Waals surface area contributed by atoms with E-state index in [2.05, 4.69) is 15.7 Å². The zero-order valence-electron chi connectivity index (χ0n) is 22.5. The van der Waals surface area contributed by atoms with E-state index in [4.69, 9.17) is 9.84 Å². The van der Waals surface area contributed by atoms with Gasteiger partial charge < -0.3 is 25.4 Å². The largest absolute Gasteiger partial charge is 0.491 e. The fraction of sp³-hybridized carbons (Fsp3) is 0.393. The molecule has 0 spiro atoms. The second kappa shape index (κ2) is 11.3. The number of nitrogens with zero attached hydrogens (tertiary/aromatic N) is 3. The molecule has 0 aliphatic carbocycles. The van der Waals surface area contributed by atoms with Crippen LogP contribution in [0.2, 0.25) is 0 Å². The molecule has 2 atom stereocenters. The summed E-state index contributed by atoms with van der Waals surface area (Å²) in [4.78, 5) is 53.1. The minimum absolute atomic E-state index is 0.0441. The number of carboxylic acid groups (broad SMARTS) is 1. The molecule has 12 heteroatoms. The first-order valence-electron chi connectivity index (χ1n) is 12.8. The van der Waals surface area contributed by atoms with Gasteiger partial charge in [-0.05, 0) is 50.1 Å². The summed E-state index contributed by atoms with van der Waals surface area (Å²) in [5, 5.41) is 19.6. The summed E-state index contributed by atoms with van der Waals surface area (Å²) in [7, 11) is 1.59. The summed E-state index contributed by atoms with van der Waals surface area (Å²) in [5.74, 6) is -1.66. The fourth-order valence-electron chi connectivity index (χ4n) is 4.98. The molecule has 2 aliphatic heterocycles. The van der Waals surface area contributed by atoms with Gasteiger partial charge in [0, 0.05) is 26.6 Å². The third-order valence-electron chi connectivity index (χ3n) is 7.09. The van der Waals surface area contributed by atoms with Crippen LogP contribution in [-0.2, 0) is 20.8 Å². The predicted octanol–water partition coefficient (Wildman–Crippen LogP) is 2.02. The van der Waals surface area contributed by atoms with Crippen molar-refractivity contribution < 1.29 is 33.4 Å². The van der Waals surface area contributed by atoms with Crippen molar-refractivity contribution in [3.63, 3.8) is 0 Å². The predicted molar refractivity (Wildman–Crippen MR) is 143 cm³/mol. The Morgan fingerprint density at radius 2 is 1.82 bits per heavy atom. The first-order chi connectivity index (χ1) is 18.9. The van der Waals surface area contributed by atoms with Gasteiger partial charge in [-0.25, -0.2) is 14.2 Å². The number of hydrazone groups is 1. The minimum Gasteiger partial charge on any atom is -0.491 e. The van der Waals surface area contributed by atoms with Crippen LogP contribution in [-0.4, -0.2) is 82.9 Å². The summed E-state index contributed by atoms with van der Waals surface area (Å²) in [6, 6.07) is 13.4. The third kappa shape index (κ3) is 6.05. The highest BCUT2D eigenvalue weighted by atomic mass is 19.1. The summed E-state index contributed by atoms with van der Waals surface area (Å²) >= 11 is 0. The zero-order valence-corrected chi connectivity index (χ0v) is 22.5. The van der Waals surface area contributed by atoms with Crippen LogP contribution < -0.4 is 15.4 Å². The minimum atomic E-state index is -1.55. The quantitative estimate of drug-likeness (QED) is 0.434. The van der Waals surface area contributed by atoms with E-state index >= 15 is 0 Å². The normalized spacial score (nSPS) is 19.4. The van der Waals surface area contributed by atoms with E-state index in [-0.39, 0.29) is 31.4 Å². The Hall–Kier alpha value is -4.48. The molecule has 3 N–H and O–H groups in total. The lowest BCUT2D eigenvalue weighted by Crippen LogP contribution is -2.62. The molecule has 4 amide bonds. The average Bonchev–Trinajstić information content (AvgIpc) is 3.15. The summed E-state index contributed by atoms with van der Waals surface area (Å²) in [6.07, 6.45) is -0.696. The lowest BCUT2D eigenvalue weighted by Gasteiger charge is -2.40. The summed E-state index contributed by atoms with van der Waals surface area (Å²) in [5.41, 5.74) is -0.997. The van der Waals surface area contributed by atoms with Gasteiger partial charge in [-0.3, -0.25) is 14.4 Å². The number of nitrogens with one attached hydrogen (secondary N) is 2. The molecule has 0 bridgehead atoms. The van der Waals surface area contributed by atoms with Gasteiger partial charge in [-0.15, -0.1) is 0 Å². The Bertz CT molecular complexity index is 1320. The fourth-order valence-corrected chi connectivity index (χ4v) is 4.98. The topological polar surface area (TPSA) is 141 Å². The van der Waals surface area contributed by atoms with Crippen molar-refractivity contribution in [3.8, 4) is 5.75 Å². The van der Waals surface area contributed by atoms with Crippen molar-refractivity contribution in [1.82, 2.24) is 20.5 Å². The molecular formula is C28H32FN5O6. The molecule has 0 saturated carbocycles. The van der Waals surface area contributed by atoms with Crippen LogP contribution in [0.4, 0.5) is 9.18 Å². The molecule has 2 heterocycles. The average molecular weight is 554 g/mol. The van der Waals surface area contributed by atoms with Gasteiger partial charge in [0.05, 0.1) is 5.71 Å². The Kier molecular flexibility index (Phi) is 8.08. The lowest BCUT2D eigenvalue weighted by atomic mass is 9.73. The van der Waals surface area contributed by atoms with Gasteiger partial charge in [-0.1, -0.05) is 30.3 Å². The number of rotatable bonds is 9. The molecule has 2 aromatic rings. The first-order valence-corrected chi connectivity index (χ1v) is 12.8. The molecule has 2 aromatic carbocycles. The van der Waals surface area contributed by atoms with Crippen LogP contribution in [0.25, 0.3) is 0 Å². The maximum absolute atomic E-state index is 13.9. The number of fused-ring (bicyclic) bond motifs is 1. The molecule has 40 heavy (non-hydrogen) atoms. The Morgan fingerprint density at radius 1 is 1.15 bits per heavy atom. The number of hydrogen-bond acceptors (Lipinski definition) is 6. The van der Waals surface area contributed by atoms with Crippen molar-refractivity contribution in [3.05, 3.63) is 66.0 Å². The molecule has 212 valence electrons. The number of amides is 4. The van der Waals surface area contributed by atoms with Gasteiger partial charge in [0.15, 0.2) is 0 Å². The number of halogens is 1. The maximum atomic E-state index is 13.9. The third-order valence-corrected chi connectivity index (χ3v) is 7.09. The van der Waals surface area contributed by atoms with Gasteiger partial charge in [-0.2, -0.15) is 5.10 Å². The molecule has 2 aliphatic rings. The van der Waals surface area contributed by atoms with Gasteiger partial charge in [0.1, 0.15) is 35.2 Å². The van der Waals surface area contributed by atoms with E-state index in [0.717, 1.165) is 5.56 Å². The highest BCUT2D eigenvalue weighted by Gasteiger charge is 2.54. The number of carbonyl (C=O) groups is 4. The number of likely N-dealkylation sites (tertiary alicyclic amines) is 1. The molecule has 0 aromatic heterocycles. The van der Waals surface area contributed by atoms with Crippen LogP contribution in [0.1, 0.15) is 25.8 Å². The Morgan fingerprint density at radius 3 is 2.48 bits per heavy atom. The summed E-state index contributed by atoms with van der Waals surface area (Å²) < 4.78 is 19.1. The molecular weight excluding hydrogens is 521 g/mol. The van der Waals surface area contributed by atoms with E-state index in [9.17, 15) is 23.6 Å². The van der Waals surface area contributed by atoms with E-state index in [1.165, 1.54) is 48.0 Å². The number of hydrogen-bond donors (Lipinski definition) is 3. The first kappa shape index (κ1) is 28.5. The Labute approximate surface area is 231 Å². The monoisotopic (exact) mass is 553 g/mol. The zero-order chi connectivity index (χ0) is 29.1. The van der Waals surface area contributed by atoms with Crippen molar-refractivity contribution in [1.29, 1.82) is 0 Å². The number of ether oxygens (including phenoxy) is 1. The van der Waals surface area contributed by atoms with E-state index in [1.807, 2.05) is 30.3 Å². The highest BCUT2D eigenvalue weighted by Crippen LogP contribution is 2.38. The lowest BCUT2D eigenvalue weighted by molar-refractivity contribution is -0.143. The second-order valence-electron chi connectivity index (χ2n) is 10.5. The van der Waals surface area contributed by atoms with Crippen molar-refractivity contribution in [2.75, 3.05) is 26.7 Å². The number of benzene rings is 2. The van der Waals surface area contributed by atoms with Crippen LogP contribution in [0.5, 0.6) is 5.75 Å². The number of piperidine rings is 1. The van der Waals surface area contributed by atoms with Gasteiger partial charge in [0.2, 0.25) is 11.8 Å². The van der Waals surface area contributed by atoms with Crippen LogP contribution in [0.15, 0.2) is 59.7 Å². The van der Waals surface area contributed by atoms with Crippen LogP contribution in [0, 0.1) is 11.2 Å². The highest BCUT2D eigenvalue weighted by molar-refractivity contribution is 6.13. The van der Waals surface area contributed by atoms with E-state index in [0.29, 0.717) is 18.6 Å². The van der Waals surface area contributed by atoms with Gasteiger partial charge in [0.25, 0.3) is 5.91 Å². The van der Waals surface area contributed by atoms with Gasteiger partial charge >= 0.3 is 6.09 Å². The van der Waals surface area contributed by atoms with Crippen LogP contribution >= 0.6 is 0 Å². The summed E-state index contributed by atoms with van der Waals surface area (Å²) in [6.45, 7) is 2.72. The second-order valence-corrected chi connectivity index (χ2v) is 10.5. The molecule has 1 saturated heterocycles. The molecule has 11 nitrogen and oxygen atoms in total. The van der Waals surface area contributed by atoms with Crippen molar-refractivity contribution in [2.24, 2.45) is 10.5 Å². The standard InChI is InChI=1S/C28H32FN5O6/c1-27(2,31-26(38)39)24(36)30-21(16-40-20-11-9-19(29)10-12-20)23(35)34-14-13-22-28(17-34,25(37)33(3)32-22)15-18-7-5-4-6-8-18/h4-12,21,31H,13-17H2,1-3H3,(H,30,36)(H,38,39). The molecule has 1 fully saturated rings. The molecule has 4 rings (SSSR count).